The SMILES string of the molecule is NC1=CC=NNC1(N)C1CC1. The van der Waals surface area contributed by atoms with Gasteiger partial charge < -0.3 is 11.5 Å². The van der Waals surface area contributed by atoms with Crippen molar-refractivity contribution in [2.75, 3.05) is 0 Å². The van der Waals surface area contributed by atoms with Gasteiger partial charge in [0.2, 0.25) is 0 Å². The van der Waals surface area contributed by atoms with Gasteiger partial charge in [-0.15, -0.1) is 0 Å². The summed E-state index contributed by atoms with van der Waals surface area (Å²) < 4.78 is 0. The Labute approximate surface area is 65.3 Å². The summed E-state index contributed by atoms with van der Waals surface area (Å²) in [7, 11) is 0. The van der Waals surface area contributed by atoms with Crippen molar-refractivity contribution in [1.82, 2.24) is 5.43 Å². The van der Waals surface area contributed by atoms with E-state index < -0.39 is 5.66 Å². The molecule has 2 rings (SSSR count). The molecule has 1 saturated carbocycles. The summed E-state index contributed by atoms with van der Waals surface area (Å²) in [4.78, 5) is 0. The van der Waals surface area contributed by atoms with Crippen molar-refractivity contribution < 1.29 is 0 Å². The van der Waals surface area contributed by atoms with E-state index >= 15 is 0 Å². The van der Waals surface area contributed by atoms with Crippen LogP contribution in [0.3, 0.4) is 0 Å². The Morgan fingerprint density at radius 2 is 2.36 bits per heavy atom. The second kappa shape index (κ2) is 1.98. The van der Waals surface area contributed by atoms with E-state index in [4.69, 9.17) is 11.5 Å². The van der Waals surface area contributed by atoms with Crippen LogP contribution in [0, 0.1) is 5.92 Å². The standard InChI is InChI=1S/C7H12N4/c8-6-3-4-10-11-7(6,9)5-1-2-5/h3-5,11H,1-2,8-9H2. The summed E-state index contributed by atoms with van der Waals surface area (Å²) in [5.74, 6) is 0.469. The van der Waals surface area contributed by atoms with Crippen molar-refractivity contribution in [2.45, 2.75) is 18.5 Å². The predicted molar refractivity (Wildman–Crippen MR) is 43.5 cm³/mol. The maximum absolute atomic E-state index is 5.99. The first kappa shape index (κ1) is 6.67. The number of hydrogen-bond donors (Lipinski definition) is 3. The summed E-state index contributed by atoms with van der Waals surface area (Å²) in [6.45, 7) is 0. The highest BCUT2D eigenvalue weighted by Gasteiger charge is 2.45. The average Bonchev–Trinajstić information content (AvgIpc) is 2.77. The molecule has 0 spiro atoms. The fourth-order valence-corrected chi connectivity index (χ4v) is 1.33. The fourth-order valence-electron chi connectivity index (χ4n) is 1.33. The third-order valence-corrected chi connectivity index (χ3v) is 2.28. The normalized spacial score (nSPS) is 36.3. The van der Waals surface area contributed by atoms with Crippen molar-refractivity contribution in [3.05, 3.63) is 11.8 Å². The zero-order chi connectivity index (χ0) is 7.90. The average molecular weight is 152 g/mol. The molecule has 1 atom stereocenters. The Hall–Kier alpha value is -1.03. The largest absolute Gasteiger partial charge is 0.399 e. The number of allylic oxidation sites excluding steroid dienone is 1. The minimum atomic E-state index is -0.561. The molecule has 11 heavy (non-hydrogen) atoms. The van der Waals surface area contributed by atoms with E-state index in [1.165, 1.54) is 0 Å². The third-order valence-electron chi connectivity index (χ3n) is 2.28. The van der Waals surface area contributed by atoms with Crippen molar-refractivity contribution in [3.8, 4) is 0 Å². The van der Waals surface area contributed by atoms with Crippen molar-refractivity contribution >= 4 is 6.21 Å². The van der Waals surface area contributed by atoms with E-state index in [1.54, 1.807) is 12.3 Å². The first-order valence-corrected chi connectivity index (χ1v) is 3.79. The summed E-state index contributed by atoms with van der Waals surface area (Å²) >= 11 is 0. The highest BCUT2D eigenvalue weighted by molar-refractivity contribution is 5.73. The van der Waals surface area contributed by atoms with Gasteiger partial charge in [0.05, 0.1) is 5.70 Å². The van der Waals surface area contributed by atoms with E-state index in [2.05, 4.69) is 10.5 Å². The molecular formula is C7H12N4. The smallest absolute Gasteiger partial charge is 0.145 e. The molecule has 0 aromatic carbocycles. The number of nitrogens with zero attached hydrogens (tertiary/aromatic N) is 1. The van der Waals surface area contributed by atoms with Crippen molar-refractivity contribution in [1.29, 1.82) is 0 Å². The van der Waals surface area contributed by atoms with Gasteiger partial charge >= 0.3 is 0 Å². The van der Waals surface area contributed by atoms with Crippen LogP contribution in [0.15, 0.2) is 16.9 Å². The van der Waals surface area contributed by atoms with E-state index in [1.807, 2.05) is 0 Å². The van der Waals surface area contributed by atoms with Gasteiger partial charge in [-0.2, -0.15) is 5.10 Å². The van der Waals surface area contributed by atoms with Gasteiger partial charge in [0.1, 0.15) is 5.66 Å². The van der Waals surface area contributed by atoms with Gasteiger partial charge in [-0.05, 0) is 18.9 Å². The molecule has 2 aliphatic rings. The Kier molecular flexibility index (Phi) is 1.20. The third kappa shape index (κ3) is 0.903. The fraction of sp³-hybridized carbons (Fsp3) is 0.571. The lowest BCUT2D eigenvalue weighted by atomic mass is 10.0. The number of hydrazone groups is 1. The second-order valence-electron chi connectivity index (χ2n) is 3.16. The van der Waals surface area contributed by atoms with Crippen molar-refractivity contribution in [3.63, 3.8) is 0 Å². The predicted octanol–water partition coefficient (Wildman–Crippen LogP) is -0.517. The Morgan fingerprint density at radius 1 is 1.64 bits per heavy atom. The van der Waals surface area contributed by atoms with Crippen LogP contribution in [-0.4, -0.2) is 11.9 Å². The molecule has 0 bridgehead atoms. The quantitative estimate of drug-likeness (QED) is 0.473. The highest BCUT2D eigenvalue weighted by atomic mass is 15.4. The molecule has 0 amide bonds. The minimum absolute atomic E-state index is 0.469. The Balaban J connectivity index is 2.24. The highest BCUT2D eigenvalue weighted by Crippen LogP contribution is 2.39. The van der Waals surface area contributed by atoms with Crippen LogP contribution < -0.4 is 16.9 Å². The van der Waals surface area contributed by atoms with Gasteiger partial charge in [-0.3, -0.25) is 5.43 Å². The molecule has 1 aliphatic carbocycles. The van der Waals surface area contributed by atoms with Crippen molar-refractivity contribution in [2.24, 2.45) is 22.5 Å². The zero-order valence-corrected chi connectivity index (χ0v) is 6.25. The van der Waals surface area contributed by atoms with Crippen LogP contribution in [0.25, 0.3) is 0 Å². The molecule has 4 nitrogen and oxygen atoms in total. The van der Waals surface area contributed by atoms with E-state index in [-0.39, 0.29) is 0 Å². The molecule has 0 aromatic heterocycles. The Morgan fingerprint density at radius 3 is 2.91 bits per heavy atom. The lowest BCUT2D eigenvalue weighted by Crippen LogP contribution is -2.58. The van der Waals surface area contributed by atoms with Gasteiger partial charge in [-0.1, -0.05) is 0 Å². The molecule has 1 unspecified atom stereocenters. The summed E-state index contributed by atoms with van der Waals surface area (Å²) in [6, 6.07) is 0. The van der Waals surface area contributed by atoms with Crippen LogP contribution in [0.2, 0.25) is 0 Å². The summed E-state index contributed by atoms with van der Waals surface area (Å²) in [6.07, 6.45) is 5.68. The van der Waals surface area contributed by atoms with E-state index in [0.29, 0.717) is 11.6 Å². The number of hydrogen-bond acceptors (Lipinski definition) is 4. The molecule has 4 heteroatoms. The lowest BCUT2D eigenvalue weighted by Gasteiger charge is -2.31. The molecule has 1 aliphatic heterocycles. The second-order valence-corrected chi connectivity index (χ2v) is 3.16. The van der Waals surface area contributed by atoms with Gasteiger partial charge in [0.25, 0.3) is 0 Å². The van der Waals surface area contributed by atoms with Gasteiger partial charge in [0.15, 0.2) is 0 Å². The molecular weight excluding hydrogens is 140 g/mol. The molecule has 0 radical (unpaired) electrons. The van der Waals surface area contributed by atoms with Crippen LogP contribution in [0.4, 0.5) is 0 Å². The number of rotatable bonds is 1. The molecule has 1 fully saturated rings. The summed E-state index contributed by atoms with van der Waals surface area (Å²) in [5.41, 5.74) is 14.7. The van der Waals surface area contributed by atoms with Crippen LogP contribution in [0.1, 0.15) is 12.8 Å². The van der Waals surface area contributed by atoms with Gasteiger partial charge in [0, 0.05) is 12.1 Å². The Bertz CT molecular complexity index is 229. The van der Waals surface area contributed by atoms with Gasteiger partial charge in [-0.25, -0.2) is 0 Å². The van der Waals surface area contributed by atoms with Crippen LogP contribution >= 0.6 is 0 Å². The monoisotopic (exact) mass is 152 g/mol. The van der Waals surface area contributed by atoms with Crippen LogP contribution in [0.5, 0.6) is 0 Å². The topological polar surface area (TPSA) is 76.4 Å². The maximum atomic E-state index is 5.99. The first-order chi connectivity index (χ1) is 5.23. The molecule has 1 heterocycles. The maximum Gasteiger partial charge on any atom is 0.145 e. The number of nitrogens with two attached hydrogens (primary N) is 2. The van der Waals surface area contributed by atoms with E-state index in [9.17, 15) is 0 Å². The molecule has 5 N–H and O–H groups in total. The van der Waals surface area contributed by atoms with Crippen LogP contribution in [-0.2, 0) is 0 Å². The van der Waals surface area contributed by atoms with E-state index in [0.717, 1.165) is 12.8 Å². The lowest BCUT2D eigenvalue weighted by molar-refractivity contribution is 0.348. The molecule has 60 valence electrons. The molecule has 0 saturated heterocycles. The zero-order valence-electron chi connectivity index (χ0n) is 6.25. The number of nitrogens with one attached hydrogen (secondary N) is 1. The molecule has 0 aromatic rings. The minimum Gasteiger partial charge on any atom is -0.399 e. The first-order valence-electron chi connectivity index (χ1n) is 3.79. The summed E-state index contributed by atoms with van der Waals surface area (Å²) in [5, 5.41) is 3.89.